The second-order valence-corrected chi connectivity index (χ2v) is 3.93. The van der Waals surface area contributed by atoms with Gasteiger partial charge in [0.2, 0.25) is 0 Å². The number of hydrogen-bond donors (Lipinski definition) is 2. The van der Waals surface area contributed by atoms with E-state index < -0.39 is 36.7 Å². The Morgan fingerprint density at radius 2 is 1.90 bits per heavy atom. The van der Waals surface area contributed by atoms with E-state index in [1.807, 2.05) is 5.32 Å². The number of amides is 2. The van der Waals surface area contributed by atoms with E-state index in [9.17, 15) is 27.6 Å². The molecule has 0 saturated heterocycles. The highest BCUT2D eigenvalue weighted by Crippen LogP contribution is 2.15. The molecule has 2 amide bonds. The van der Waals surface area contributed by atoms with E-state index in [-0.39, 0.29) is 12.8 Å². The van der Waals surface area contributed by atoms with Gasteiger partial charge < -0.3 is 20.1 Å². The summed E-state index contributed by atoms with van der Waals surface area (Å²) in [6, 6.07) is -2.67. The molecule has 0 radical (unpaired) electrons. The lowest BCUT2D eigenvalue weighted by Gasteiger charge is -2.22. The molecule has 0 aromatic heterocycles. The van der Waals surface area contributed by atoms with Crippen LogP contribution in [0, 0.1) is 0 Å². The third-order valence-corrected chi connectivity index (χ3v) is 2.22. The average molecular weight is 300 g/mol. The van der Waals surface area contributed by atoms with Gasteiger partial charge in [-0.3, -0.25) is 4.79 Å². The lowest BCUT2D eigenvalue weighted by atomic mass is 10.1. The molecule has 10 heteroatoms. The maximum atomic E-state index is 12.1. The van der Waals surface area contributed by atoms with Crippen molar-refractivity contribution in [3.63, 3.8) is 0 Å². The molecule has 0 fully saturated rings. The van der Waals surface area contributed by atoms with E-state index >= 15 is 0 Å². The van der Waals surface area contributed by atoms with Crippen molar-refractivity contribution in [2.24, 2.45) is 0 Å². The minimum Gasteiger partial charge on any atom is -0.480 e. The summed E-state index contributed by atoms with van der Waals surface area (Å²) < 4.78 is 40.5. The second-order valence-electron chi connectivity index (χ2n) is 3.93. The Morgan fingerprint density at radius 3 is 2.30 bits per heavy atom. The highest BCUT2D eigenvalue weighted by atomic mass is 19.4. The fraction of sp³-hybridized carbons (Fsp3) is 0.700. The van der Waals surface area contributed by atoms with Crippen molar-refractivity contribution < 1.29 is 37.4 Å². The third kappa shape index (κ3) is 7.44. The standard InChI is InChI=1S/C10H15F3N2O5/c1-15(5-10(11,12)13)9(19)14-6(8(17)18)3-4-7(16)20-2/h6H,3-5H2,1-2H3,(H,14,19)(H,17,18)/t6-/m0/s1. The van der Waals surface area contributed by atoms with Crippen LogP contribution in [-0.4, -0.2) is 60.9 Å². The smallest absolute Gasteiger partial charge is 0.406 e. The van der Waals surface area contributed by atoms with Gasteiger partial charge in [-0.2, -0.15) is 13.2 Å². The molecule has 0 bridgehead atoms. The van der Waals surface area contributed by atoms with Gasteiger partial charge in [0, 0.05) is 13.5 Å². The number of carbonyl (C=O) groups is 3. The molecule has 0 spiro atoms. The second kappa shape index (κ2) is 7.56. The van der Waals surface area contributed by atoms with Crippen LogP contribution in [-0.2, 0) is 14.3 Å². The summed E-state index contributed by atoms with van der Waals surface area (Å²) in [6.07, 6.45) is -5.15. The van der Waals surface area contributed by atoms with Crippen molar-refractivity contribution in [1.82, 2.24) is 10.2 Å². The van der Waals surface area contributed by atoms with Gasteiger partial charge in [0.1, 0.15) is 12.6 Å². The molecule has 0 aromatic rings. The molecule has 1 atom stereocenters. The monoisotopic (exact) mass is 300 g/mol. The van der Waals surface area contributed by atoms with Gasteiger partial charge in [-0.1, -0.05) is 0 Å². The number of nitrogens with one attached hydrogen (secondary N) is 1. The van der Waals surface area contributed by atoms with Gasteiger partial charge in [-0.05, 0) is 6.42 Å². The first-order valence-electron chi connectivity index (χ1n) is 5.45. The van der Waals surface area contributed by atoms with Crippen LogP contribution in [0.15, 0.2) is 0 Å². The molecule has 20 heavy (non-hydrogen) atoms. The summed E-state index contributed by atoms with van der Waals surface area (Å²) >= 11 is 0. The van der Waals surface area contributed by atoms with Gasteiger partial charge in [0.05, 0.1) is 7.11 Å². The molecule has 0 unspecified atom stereocenters. The summed E-state index contributed by atoms with van der Waals surface area (Å²) in [7, 11) is 1.98. The lowest BCUT2D eigenvalue weighted by molar-refractivity contribution is -0.142. The van der Waals surface area contributed by atoms with Gasteiger partial charge in [-0.15, -0.1) is 0 Å². The number of carboxylic acid groups (broad SMARTS) is 1. The number of aliphatic carboxylic acids is 1. The number of urea groups is 1. The topological polar surface area (TPSA) is 95.9 Å². The predicted octanol–water partition coefficient (Wildman–Crippen LogP) is 0.597. The molecule has 0 aliphatic rings. The summed E-state index contributed by atoms with van der Waals surface area (Å²) in [5.74, 6) is -2.14. The SMILES string of the molecule is COC(=O)CC[C@H](NC(=O)N(C)CC(F)(F)F)C(=O)O. The maximum Gasteiger partial charge on any atom is 0.406 e. The summed E-state index contributed by atoms with van der Waals surface area (Å²) in [5.41, 5.74) is 0. The number of alkyl halides is 3. The van der Waals surface area contributed by atoms with Crippen LogP contribution in [0.5, 0.6) is 0 Å². The Balaban J connectivity index is 4.48. The minimum absolute atomic E-state index is 0.281. The number of rotatable bonds is 6. The van der Waals surface area contributed by atoms with Crippen LogP contribution < -0.4 is 5.32 Å². The molecule has 0 aliphatic carbocycles. The molecule has 0 heterocycles. The fourth-order valence-corrected chi connectivity index (χ4v) is 1.22. The van der Waals surface area contributed by atoms with Crippen LogP contribution in [0.3, 0.4) is 0 Å². The molecule has 0 aliphatic heterocycles. The first-order chi connectivity index (χ1) is 9.06. The normalized spacial score (nSPS) is 12.4. The first-order valence-corrected chi connectivity index (χ1v) is 5.45. The molecular formula is C10H15F3N2O5. The number of carboxylic acids is 1. The van der Waals surface area contributed by atoms with Gasteiger partial charge in [0.25, 0.3) is 0 Å². The van der Waals surface area contributed by atoms with Crippen LogP contribution >= 0.6 is 0 Å². The van der Waals surface area contributed by atoms with Crippen molar-refractivity contribution in [3.8, 4) is 0 Å². The van der Waals surface area contributed by atoms with Crippen LogP contribution in [0.25, 0.3) is 0 Å². The van der Waals surface area contributed by atoms with Crippen molar-refractivity contribution >= 4 is 18.0 Å². The minimum atomic E-state index is -4.59. The van der Waals surface area contributed by atoms with Gasteiger partial charge >= 0.3 is 24.1 Å². The van der Waals surface area contributed by atoms with Crippen molar-refractivity contribution in [2.45, 2.75) is 25.1 Å². The Bertz CT molecular complexity index is 372. The highest BCUT2D eigenvalue weighted by Gasteiger charge is 2.32. The maximum absolute atomic E-state index is 12.1. The molecule has 0 saturated carbocycles. The van der Waals surface area contributed by atoms with Crippen molar-refractivity contribution in [2.75, 3.05) is 20.7 Å². The van der Waals surface area contributed by atoms with Crippen LogP contribution in [0.1, 0.15) is 12.8 Å². The number of carbonyl (C=O) groups excluding carboxylic acids is 2. The number of methoxy groups -OCH3 is 1. The fourth-order valence-electron chi connectivity index (χ4n) is 1.22. The molecule has 7 nitrogen and oxygen atoms in total. The Kier molecular flexibility index (Phi) is 6.80. The molecule has 2 N–H and O–H groups in total. The summed E-state index contributed by atoms with van der Waals surface area (Å²) in [4.78, 5) is 33.4. The number of halogens is 3. The van der Waals surface area contributed by atoms with Gasteiger partial charge in [-0.25, -0.2) is 9.59 Å². The average Bonchev–Trinajstić information content (AvgIpc) is 2.30. The predicted molar refractivity (Wildman–Crippen MR) is 59.9 cm³/mol. The van der Waals surface area contributed by atoms with Crippen molar-refractivity contribution in [3.05, 3.63) is 0 Å². The Labute approximate surface area is 112 Å². The zero-order valence-electron chi connectivity index (χ0n) is 10.9. The molecule has 116 valence electrons. The van der Waals surface area contributed by atoms with Gasteiger partial charge in [0.15, 0.2) is 0 Å². The molecule has 0 aromatic carbocycles. The number of ether oxygens (including phenoxy) is 1. The van der Waals surface area contributed by atoms with E-state index in [2.05, 4.69) is 4.74 Å². The molecule has 0 rings (SSSR count). The van der Waals surface area contributed by atoms with E-state index in [1.165, 1.54) is 0 Å². The van der Waals surface area contributed by atoms with E-state index in [0.717, 1.165) is 14.2 Å². The third-order valence-electron chi connectivity index (χ3n) is 2.22. The number of esters is 1. The van der Waals surface area contributed by atoms with E-state index in [0.29, 0.717) is 4.90 Å². The Morgan fingerprint density at radius 1 is 1.35 bits per heavy atom. The Hall–Kier alpha value is -2.00. The summed E-state index contributed by atoms with van der Waals surface area (Å²) in [6.45, 7) is -1.51. The van der Waals surface area contributed by atoms with E-state index in [4.69, 9.17) is 5.11 Å². The quantitative estimate of drug-likeness (QED) is 0.700. The molecular weight excluding hydrogens is 285 g/mol. The number of hydrogen-bond acceptors (Lipinski definition) is 4. The summed E-state index contributed by atoms with van der Waals surface area (Å²) in [5, 5.41) is 10.7. The lowest BCUT2D eigenvalue weighted by Crippen LogP contribution is -2.49. The van der Waals surface area contributed by atoms with Crippen molar-refractivity contribution in [1.29, 1.82) is 0 Å². The highest BCUT2D eigenvalue weighted by molar-refractivity contribution is 5.83. The number of nitrogens with zero attached hydrogens (tertiary/aromatic N) is 1. The van der Waals surface area contributed by atoms with Crippen LogP contribution in [0.2, 0.25) is 0 Å². The van der Waals surface area contributed by atoms with E-state index in [1.54, 1.807) is 0 Å². The zero-order chi connectivity index (χ0) is 15.9. The first kappa shape index (κ1) is 18.0. The van der Waals surface area contributed by atoms with Crippen LogP contribution in [0.4, 0.5) is 18.0 Å². The largest absolute Gasteiger partial charge is 0.480 e. The zero-order valence-corrected chi connectivity index (χ0v) is 10.9.